The third-order valence-electron chi connectivity index (χ3n) is 3.00. The van der Waals surface area contributed by atoms with Gasteiger partial charge in [-0.1, -0.05) is 6.07 Å². The minimum Gasteiger partial charge on any atom is -0.492 e. The highest BCUT2D eigenvalue weighted by Gasteiger charge is 2.23. The normalized spacial score (nSPS) is 15.0. The largest absolute Gasteiger partial charge is 0.492 e. The number of rotatable bonds is 6. The molecular formula is C14H17BrNO4+. The first-order valence-corrected chi connectivity index (χ1v) is 7.18. The van der Waals surface area contributed by atoms with Gasteiger partial charge in [-0.2, -0.15) is 0 Å². The molecule has 1 aromatic rings. The Morgan fingerprint density at radius 1 is 1.55 bits per heavy atom. The van der Waals surface area contributed by atoms with E-state index >= 15 is 0 Å². The summed E-state index contributed by atoms with van der Waals surface area (Å²) >= 11 is 3.45. The predicted molar refractivity (Wildman–Crippen MR) is 76.2 cm³/mol. The van der Waals surface area contributed by atoms with Crippen molar-refractivity contribution in [2.45, 2.75) is 19.4 Å². The molecule has 0 aliphatic heterocycles. The van der Waals surface area contributed by atoms with Crippen molar-refractivity contribution in [2.75, 3.05) is 13.7 Å². The Bertz CT molecular complexity index is 526. The van der Waals surface area contributed by atoms with Crippen LogP contribution in [0.3, 0.4) is 0 Å². The molecule has 6 heteroatoms. The van der Waals surface area contributed by atoms with Crippen molar-refractivity contribution in [1.82, 2.24) is 0 Å². The number of carbonyl (C=O) groups is 1. The van der Waals surface area contributed by atoms with Gasteiger partial charge in [-0.05, 0) is 51.6 Å². The zero-order valence-corrected chi connectivity index (χ0v) is 12.8. The van der Waals surface area contributed by atoms with Gasteiger partial charge in [0, 0.05) is 0 Å². The van der Waals surface area contributed by atoms with E-state index in [4.69, 9.17) is 4.74 Å². The second-order valence-corrected chi connectivity index (χ2v) is 5.59. The zero-order chi connectivity index (χ0) is 14.5. The predicted octanol–water partition coefficient (Wildman–Crippen LogP) is 2.38. The first-order chi connectivity index (χ1) is 9.60. The number of nitrogens with zero attached hydrogens (tertiary/aromatic N) is 1. The van der Waals surface area contributed by atoms with Crippen molar-refractivity contribution < 1.29 is 24.2 Å². The number of esters is 1. The molecule has 0 saturated heterocycles. The summed E-state index contributed by atoms with van der Waals surface area (Å²) in [6.45, 7) is 0.830. The monoisotopic (exact) mass is 342 g/mol. The number of benzene rings is 1. The fourth-order valence-corrected chi connectivity index (χ4v) is 2.24. The molecule has 1 N–H and O–H groups in total. The third-order valence-corrected chi connectivity index (χ3v) is 3.62. The van der Waals surface area contributed by atoms with Gasteiger partial charge in [0.15, 0.2) is 0 Å². The van der Waals surface area contributed by atoms with Gasteiger partial charge in [-0.15, -0.1) is 0 Å². The molecule has 1 aromatic carbocycles. The van der Waals surface area contributed by atoms with E-state index in [2.05, 4.69) is 20.7 Å². The molecule has 0 bridgehead atoms. The molecule has 0 unspecified atom stereocenters. The molecule has 1 fully saturated rings. The number of methoxy groups -OCH3 is 1. The first-order valence-electron chi connectivity index (χ1n) is 6.38. The lowest BCUT2D eigenvalue weighted by Crippen LogP contribution is -2.16. The fraction of sp³-hybridized carbons (Fsp3) is 0.429. The minimum atomic E-state index is -0.608. The van der Waals surface area contributed by atoms with Gasteiger partial charge in [0.1, 0.15) is 5.75 Å². The molecule has 0 spiro atoms. The van der Waals surface area contributed by atoms with Gasteiger partial charge in [-0.3, -0.25) is 5.21 Å². The average molecular weight is 343 g/mol. The molecule has 108 valence electrons. The molecule has 0 amide bonds. The van der Waals surface area contributed by atoms with Crippen LogP contribution in [0.2, 0.25) is 0 Å². The molecular weight excluding hydrogens is 326 g/mol. The van der Waals surface area contributed by atoms with Crippen molar-refractivity contribution >= 4 is 28.1 Å². The number of hydrogen-bond acceptors (Lipinski definition) is 4. The van der Waals surface area contributed by atoms with E-state index in [9.17, 15) is 10.0 Å². The van der Waals surface area contributed by atoms with Crippen LogP contribution < -0.4 is 4.74 Å². The lowest BCUT2D eigenvalue weighted by Gasteiger charge is -2.10. The Kier molecular flexibility index (Phi) is 5.00. The Balaban J connectivity index is 2.11. The molecule has 1 saturated carbocycles. The summed E-state index contributed by atoms with van der Waals surface area (Å²) in [5.74, 6) is 0.737. The summed E-state index contributed by atoms with van der Waals surface area (Å²) < 4.78 is 11.9. The Morgan fingerprint density at radius 3 is 2.95 bits per heavy atom. The second kappa shape index (κ2) is 6.74. The van der Waals surface area contributed by atoms with Crippen LogP contribution in [-0.2, 0) is 16.1 Å². The van der Waals surface area contributed by atoms with Crippen molar-refractivity contribution in [2.24, 2.45) is 5.92 Å². The topological polar surface area (TPSA) is 58.8 Å². The quantitative estimate of drug-likeness (QED) is 0.283. The third kappa shape index (κ3) is 4.23. The molecule has 0 aromatic heterocycles. The molecule has 1 aliphatic carbocycles. The zero-order valence-electron chi connectivity index (χ0n) is 11.2. The van der Waals surface area contributed by atoms with Crippen LogP contribution in [0.1, 0.15) is 18.4 Å². The lowest BCUT2D eigenvalue weighted by atomic mass is 10.2. The summed E-state index contributed by atoms with van der Waals surface area (Å²) in [5.41, 5.74) is 0.794. The SMILES string of the molecule is COC(=O)/C=[N+](\O)Cc1cccc(Br)c1OCC1CC1. The van der Waals surface area contributed by atoms with Crippen LogP contribution in [0.25, 0.3) is 0 Å². The summed E-state index contributed by atoms with van der Waals surface area (Å²) in [7, 11) is 1.26. The number of hydroxylamine groups is 1. The van der Waals surface area contributed by atoms with Crippen molar-refractivity contribution in [3.63, 3.8) is 0 Å². The second-order valence-electron chi connectivity index (χ2n) is 4.73. The summed E-state index contributed by atoms with van der Waals surface area (Å²) in [4.78, 5) is 11.1. The number of ether oxygens (including phenoxy) is 2. The maximum Gasteiger partial charge on any atom is 0.399 e. The summed E-state index contributed by atoms with van der Waals surface area (Å²) in [6.07, 6.45) is 3.41. The van der Waals surface area contributed by atoms with Gasteiger partial charge < -0.3 is 9.47 Å². The molecule has 5 nitrogen and oxygen atoms in total. The van der Waals surface area contributed by atoms with E-state index in [1.165, 1.54) is 20.0 Å². The van der Waals surface area contributed by atoms with Gasteiger partial charge in [0.25, 0.3) is 6.21 Å². The smallest absolute Gasteiger partial charge is 0.399 e. The maximum atomic E-state index is 11.1. The van der Waals surface area contributed by atoms with Gasteiger partial charge in [0.05, 0.1) is 23.8 Å². The Hall–Kier alpha value is -1.56. The van der Waals surface area contributed by atoms with Crippen LogP contribution in [0, 0.1) is 5.92 Å². The van der Waals surface area contributed by atoms with E-state index in [1.807, 2.05) is 18.2 Å². The van der Waals surface area contributed by atoms with Crippen LogP contribution in [0.4, 0.5) is 0 Å². The van der Waals surface area contributed by atoms with Crippen molar-refractivity contribution in [3.05, 3.63) is 28.2 Å². The average Bonchev–Trinajstić information content (AvgIpc) is 3.22. The molecule has 0 atom stereocenters. The summed E-state index contributed by atoms with van der Waals surface area (Å²) in [6, 6.07) is 5.59. The highest BCUT2D eigenvalue weighted by atomic mass is 79.9. The summed E-state index contributed by atoms with van der Waals surface area (Å²) in [5, 5.41) is 9.72. The van der Waals surface area contributed by atoms with E-state index in [1.54, 1.807) is 0 Å². The molecule has 0 heterocycles. The number of carbonyl (C=O) groups excluding carboxylic acids is 1. The first kappa shape index (κ1) is 14.8. The van der Waals surface area contributed by atoms with E-state index in [0.717, 1.165) is 21.0 Å². The standard InChI is InChI=1S/C14H17BrNO4/c1-19-13(17)8-16(18)7-11-3-2-4-12(15)14(11)20-9-10-5-6-10/h2-4,8,10,18H,5-7,9H2,1H3/q+1/b16-8-. The number of hydrogen-bond donors (Lipinski definition) is 1. The molecule has 2 rings (SSSR count). The van der Waals surface area contributed by atoms with Gasteiger partial charge in [0.2, 0.25) is 6.54 Å². The van der Waals surface area contributed by atoms with Crippen LogP contribution in [0.15, 0.2) is 22.7 Å². The van der Waals surface area contributed by atoms with Gasteiger partial charge >= 0.3 is 5.97 Å². The van der Waals surface area contributed by atoms with E-state index in [-0.39, 0.29) is 6.54 Å². The van der Waals surface area contributed by atoms with E-state index in [0.29, 0.717) is 18.3 Å². The van der Waals surface area contributed by atoms with Crippen LogP contribution in [0.5, 0.6) is 5.75 Å². The van der Waals surface area contributed by atoms with Crippen molar-refractivity contribution in [1.29, 1.82) is 0 Å². The maximum absolute atomic E-state index is 11.1. The van der Waals surface area contributed by atoms with Crippen LogP contribution in [-0.4, -0.2) is 35.8 Å². The van der Waals surface area contributed by atoms with E-state index < -0.39 is 5.97 Å². The minimum absolute atomic E-state index is 0.147. The Labute approximate surface area is 125 Å². The highest BCUT2D eigenvalue weighted by molar-refractivity contribution is 9.10. The molecule has 1 aliphatic rings. The van der Waals surface area contributed by atoms with Gasteiger partial charge in [-0.25, -0.2) is 4.79 Å². The Morgan fingerprint density at radius 2 is 2.30 bits per heavy atom. The van der Waals surface area contributed by atoms with Crippen LogP contribution >= 0.6 is 15.9 Å². The highest BCUT2D eigenvalue weighted by Crippen LogP contribution is 2.34. The number of para-hydroxylation sites is 1. The van der Waals surface area contributed by atoms with Crippen molar-refractivity contribution in [3.8, 4) is 5.75 Å². The number of halogens is 1. The molecule has 0 radical (unpaired) electrons. The fourth-order valence-electron chi connectivity index (χ4n) is 1.72. The lowest BCUT2D eigenvalue weighted by molar-refractivity contribution is -0.783. The molecule has 20 heavy (non-hydrogen) atoms.